The fourth-order valence-electron chi connectivity index (χ4n) is 1.78. The van der Waals surface area contributed by atoms with Gasteiger partial charge in [0.25, 0.3) is 0 Å². The molecule has 100 valence electrons. The highest BCUT2D eigenvalue weighted by atomic mass is 35.5. The first kappa shape index (κ1) is 13.5. The molecule has 0 unspecified atom stereocenters. The maximum Gasteiger partial charge on any atom is 0.143 e. The Bertz CT molecular complexity index is 617. The molecule has 0 fully saturated rings. The lowest BCUT2D eigenvalue weighted by molar-refractivity contribution is 0.412. The first-order valence-electron chi connectivity index (χ1n) is 5.67. The van der Waals surface area contributed by atoms with E-state index in [1.165, 1.54) is 12.1 Å². The van der Waals surface area contributed by atoms with Crippen LogP contribution in [0.15, 0.2) is 30.3 Å². The van der Waals surface area contributed by atoms with Crippen LogP contribution in [0.3, 0.4) is 0 Å². The fraction of sp³-hybridized carbons (Fsp3) is 0.143. The molecule has 0 aliphatic rings. The maximum atomic E-state index is 13.2. The van der Waals surface area contributed by atoms with Gasteiger partial charge < -0.3 is 15.8 Å². The number of anilines is 3. The Hall–Kier alpha value is -1.94. The summed E-state index contributed by atoms with van der Waals surface area (Å²) in [5.74, 6) is 0.270. The van der Waals surface area contributed by atoms with E-state index in [4.69, 9.17) is 22.1 Å². The van der Waals surface area contributed by atoms with Crippen LogP contribution in [0, 0.1) is 12.7 Å². The van der Waals surface area contributed by atoms with Crippen molar-refractivity contribution in [1.29, 1.82) is 0 Å². The summed E-state index contributed by atoms with van der Waals surface area (Å²) >= 11 is 5.74. The molecule has 0 atom stereocenters. The summed E-state index contributed by atoms with van der Waals surface area (Å²) in [5.41, 5.74) is 8.43. The smallest absolute Gasteiger partial charge is 0.143 e. The van der Waals surface area contributed by atoms with Crippen molar-refractivity contribution in [2.75, 3.05) is 18.2 Å². The van der Waals surface area contributed by atoms with Crippen molar-refractivity contribution in [3.05, 3.63) is 46.7 Å². The summed E-state index contributed by atoms with van der Waals surface area (Å²) in [6.45, 7) is 1.94. The van der Waals surface area contributed by atoms with Crippen LogP contribution in [0.1, 0.15) is 5.56 Å². The number of hydrogen-bond donors (Lipinski definition) is 2. The van der Waals surface area contributed by atoms with Crippen molar-refractivity contribution in [1.82, 2.24) is 0 Å². The van der Waals surface area contributed by atoms with E-state index in [1.807, 2.05) is 25.1 Å². The first-order chi connectivity index (χ1) is 9.01. The molecule has 0 bridgehead atoms. The predicted molar refractivity (Wildman–Crippen MR) is 76.8 cm³/mol. The third-order valence-electron chi connectivity index (χ3n) is 2.77. The minimum Gasteiger partial charge on any atom is -0.496 e. The zero-order valence-electron chi connectivity index (χ0n) is 10.6. The molecule has 19 heavy (non-hydrogen) atoms. The molecule has 2 aromatic rings. The van der Waals surface area contributed by atoms with Crippen LogP contribution in [0.2, 0.25) is 5.02 Å². The van der Waals surface area contributed by atoms with Gasteiger partial charge in [-0.3, -0.25) is 0 Å². The molecule has 5 heteroatoms. The van der Waals surface area contributed by atoms with E-state index < -0.39 is 5.82 Å². The molecule has 0 heterocycles. The van der Waals surface area contributed by atoms with Crippen molar-refractivity contribution in [2.24, 2.45) is 0 Å². The highest BCUT2D eigenvalue weighted by molar-refractivity contribution is 6.31. The number of hydrogen-bond acceptors (Lipinski definition) is 3. The number of benzene rings is 2. The first-order valence-corrected chi connectivity index (χ1v) is 6.05. The van der Waals surface area contributed by atoms with E-state index in [2.05, 4.69) is 5.32 Å². The van der Waals surface area contributed by atoms with Crippen molar-refractivity contribution in [2.45, 2.75) is 6.92 Å². The number of methoxy groups -OCH3 is 1. The van der Waals surface area contributed by atoms with E-state index >= 15 is 0 Å². The zero-order valence-corrected chi connectivity index (χ0v) is 11.4. The maximum absolute atomic E-state index is 13.2. The number of halogens is 2. The highest BCUT2D eigenvalue weighted by Gasteiger charge is 2.07. The lowest BCUT2D eigenvalue weighted by Crippen LogP contribution is -1.98. The normalized spacial score (nSPS) is 10.3. The molecule has 0 radical (unpaired) electrons. The number of nitrogens with one attached hydrogen (secondary N) is 1. The standard InChI is InChI=1S/C14H14ClFN2O/c1-8-5-9(3-4-14(8)19-2)18-13-6-10(15)11(16)7-12(13)17/h3-7,18H,17H2,1-2H3. The summed E-state index contributed by atoms with van der Waals surface area (Å²) in [5, 5.41) is 3.13. The SMILES string of the molecule is COc1ccc(Nc2cc(Cl)c(F)cc2N)cc1C. The van der Waals surface area contributed by atoms with Crippen LogP contribution in [-0.4, -0.2) is 7.11 Å². The molecule has 3 nitrogen and oxygen atoms in total. The van der Waals surface area contributed by atoms with Crippen LogP contribution in [0.25, 0.3) is 0 Å². The Morgan fingerprint density at radius 3 is 2.63 bits per heavy atom. The molecule has 0 amide bonds. The Labute approximate surface area is 116 Å². The predicted octanol–water partition coefficient (Wildman–Crippen LogP) is 4.12. The highest BCUT2D eigenvalue weighted by Crippen LogP contribution is 2.30. The summed E-state index contributed by atoms with van der Waals surface area (Å²) in [6.07, 6.45) is 0. The third-order valence-corrected chi connectivity index (χ3v) is 3.06. The number of nitrogen functional groups attached to an aromatic ring is 1. The minimum absolute atomic E-state index is 0.0296. The van der Waals surface area contributed by atoms with Gasteiger partial charge in [0.1, 0.15) is 11.6 Å². The Morgan fingerprint density at radius 1 is 1.26 bits per heavy atom. The van der Waals surface area contributed by atoms with Crippen LogP contribution in [0.4, 0.5) is 21.5 Å². The summed E-state index contributed by atoms with van der Waals surface area (Å²) in [4.78, 5) is 0. The van der Waals surface area contributed by atoms with Crippen LogP contribution in [-0.2, 0) is 0 Å². The molecule has 2 aromatic carbocycles. The second-order valence-corrected chi connectivity index (χ2v) is 4.57. The van der Waals surface area contributed by atoms with E-state index in [-0.39, 0.29) is 5.02 Å². The molecular formula is C14H14ClFN2O. The van der Waals surface area contributed by atoms with Crippen molar-refractivity contribution in [3.63, 3.8) is 0 Å². The minimum atomic E-state index is -0.532. The molecule has 0 saturated heterocycles. The van der Waals surface area contributed by atoms with Gasteiger partial charge in [0, 0.05) is 11.8 Å². The number of ether oxygens (including phenoxy) is 1. The van der Waals surface area contributed by atoms with Gasteiger partial charge in [-0.2, -0.15) is 0 Å². The number of nitrogens with two attached hydrogens (primary N) is 1. The van der Waals surface area contributed by atoms with Crippen LogP contribution < -0.4 is 15.8 Å². The van der Waals surface area contributed by atoms with Gasteiger partial charge in [0.05, 0.1) is 23.5 Å². The lowest BCUT2D eigenvalue weighted by Gasteiger charge is -2.12. The third kappa shape index (κ3) is 2.90. The van der Waals surface area contributed by atoms with E-state index in [1.54, 1.807) is 7.11 Å². The number of aryl methyl sites for hydroxylation is 1. The van der Waals surface area contributed by atoms with Gasteiger partial charge >= 0.3 is 0 Å². The second kappa shape index (κ2) is 5.36. The quantitative estimate of drug-likeness (QED) is 0.831. The molecule has 0 aliphatic carbocycles. The van der Waals surface area contributed by atoms with Gasteiger partial charge in [0.2, 0.25) is 0 Å². The molecule has 0 spiro atoms. The number of rotatable bonds is 3. The summed E-state index contributed by atoms with van der Waals surface area (Å²) in [6, 6.07) is 8.27. The Balaban J connectivity index is 2.31. The van der Waals surface area contributed by atoms with E-state index in [9.17, 15) is 4.39 Å². The van der Waals surface area contributed by atoms with Gasteiger partial charge in [-0.25, -0.2) is 4.39 Å². The largest absolute Gasteiger partial charge is 0.496 e. The van der Waals surface area contributed by atoms with Gasteiger partial charge in [-0.15, -0.1) is 0 Å². The van der Waals surface area contributed by atoms with Crippen LogP contribution >= 0.6 is 11.6 Å². The molecular weight excluding hydrogens is 267 g/mol. The van der Waals surface area contributed by atoms with E-state index in [0.29, 0.717) is 11.4 Å². The van der Waals surface area contributed by atoms with Crippen LogP contribution in [0.5, 0.6) is 5.75 Å². The zero-order chi connectivity index (χ0) is 14.0. The Morgan fingerprint density at radius 2 is 2.00 bits per heavy atom. The molecule has 0 aromatic heterocycles. The van der Waals surface area contributed by atoms with Gasteiger partial charge in [-0.05, 0) is 36.8 Å². The molecule has 2 rings (SSSR count). The van der Waals surface area contributed by atoms with Crippen molar-refractivity contribution < 1.29 is 9.13 Å². The van der Waals surface area contributed by atoms with Crippen molar-refractivity contribution in [3.8, 4) is 5.75 Å². The molecule has 0 aliphatic heterocycles. The fourth-order valence-corrected chi connectivity index (χ4v) is 1.95. The second-order valence-electron chi connectivity index (χ2n) is 4.16. The average molecular weight is 281 g/mol. The topological polar surface area (TPSA) is 47.3 Å². The monoisotopic (exact) mass is 280 g/mol. The van der Waals surface area contributed by atoms with Gasteiger partial charge in [0.15, 0.2) is 0 Å². The van der Waals surface area contributed by atoms with Gasteiger partial charge in [-0.1, -0.05) is 11.6 Å². The average Bonchev–Trinajstić information content (AvgIpc) is 2.36. The Kier molecular flexibility index (Phi) is 3.81. The lowest BCUT2D eigenvalue weighted by atomic mass is 10.2. The van der Waals surface area contributed by atoms with Crippen molar-refractivity contribution >= 4 is 28.7 Å². The molecule has 0 saturated carbocycles. The summed E-state index contributed by atoms with van der Waals surface area (Å²) < 4.78 is 18.4. The summed E-state index contributed by atoms with van der Waals surface area (Å²) in [7, 11) is 1.62. The molecule has 3 N–H and O–H groups in total. The van der Waals surface area contributed by atoms with E-state index in [0.717, 1.165) is 17.0 Å².